The van der Waals surface area contributed by atoms with Crippen LogP contribution in [0, 0.1) is 6.92 Å². The summed E-state index contributed by atoms with van der Waals surface area (Å²) in [5.74, 6) is 0.471. The van der Waals surface area contributed by atoms with E-state index in [-0.39, 0.29) is 5.91 Å². The summed E-state index contributed by atoms with van der Waals surface area (Å²) in [5, 5.41) is 4.01. The molecule has 0 fully saturated rings. The lowest BCUT2D eigenvalue weighted by atomic mass is 10.1. The molecule has 0 radical (unpaired) electrons. The SMILES string of the molecule is CCc1nc(-c2cccc(C)c2)c(-c2ccnc(NC(=O)Cc3ccccc3)c2)s1. The summed E-state index contributed by atoms with van der Waals surface area (Å²) in [7, 11) is 0. The Balaban J connectivity index is 1.62. The highest BCUT2D eigenvalue weighted by Gasteiger charge is 2.15. The Kier molecular flexibility index (Phi) is 6.00. The van der Waals surface area contributed by atoms with Crippen LogP contribution in [0.5, 0.6) is 0 Å². The van der Waals surface area contributed by atoms with Gasteiger partial charge in [0.2, 0.25) is 5.91 Å². The lowest BCUT2D eigenvalue weighted by Crippen LogP contribution is -2.15. The summed E-state index contributed by atoms with van der Waals surface area (Å²) in [5.41, 5.74) is 5.27. The van der Waals surface area contributed by atoms with Crippen LogP contribution in [0.4, 0.5) is 5.82 Å². The molecule has 0 atom stereocenters. The number of carbonyl (C=O) groups is 1. The average Bonchev–Trinajstić information content (AvgIpc) is 3.19. The Hall–Kier alpha value is -3.31. The number of hydrogen-bond donors (Lipinski definition) is 1. The lowest BCUT2D eigenvalue weighted by molar-refractivity contribution is -0.115. The number of carbonyl (C=O) groups excluding carboxylic acids is 1. The van der Waals surface area contributed by atoms with Gasteiger partial charge in [0.1, 0.15) is 5.82 Å². The van der Waals surface area contributed by atoms with E-state index < -0.39 is 0 Å². The van der Waals surface area contributed by atoms with Gasteiger partial charge < -0.3 is 5.32 Å². The molecule has 0 aliphatic heterocycles. The fourth-order valence-corrected chi connectivity index (χ4v) is 4.33. The number of pyridine rings is 1. The van der Waals surface area contributed by atoms with Crippen molar-refractivity contribution in [3.05, 3.63) is 89.1 Å². The highest BCUT2D eigenvalue weighted by Crippen LogP contribution is 2.37. The highest BCUT2D eigenvalue weighted by atomic mass is 32.1. The van der Waals surface area contributed by atoms with E-state index in [1.54, 1.807) is 17.5 Å². The number of anilines is 1. The first-order valence-corrected chi connectivity index (χ1v) is 10.8. The number of aromatic nitrogens is 2. The first-order valence-electron chi connectivity index (χ1n) is 9.99. The summed E-state index contributed by atoms with van der Waals surface area (Å²) < 4.78 is 0. The number of thiazole rings is 1. The van der Waals surface area contributed by atoms with Crippen molar-refractivity contribution in [1.82, 2.24) is 9.97 Å². The molecule has 0 spiro atoms. The molecular formula is C25H23N3OS. The zero-order valence-corrected chi connectivity index (χ0v) is 17.9. The maximum atomic E-state index is 12.4. The normalized spacial score (nSPS) is 10.7. The van der Waals surface area contributed by atoms with E-state index in [4.69, 9.17) is 4.98 Å². The van der Waals surface area contributed by atoms with Gasteiger partial charge in [0.05, 0.1) is 22.0 Å². The Labute approximate surface area is 180 Å². The van der Waals surface area contributed by atoms with Crippen LogP contribution < -0.4 is 5.32 Å². The molecule has 0 aliphatic carbocycles. The van der Waals surface area contributed by atoms with Gasteiger partial charge in [-0.25, -0.2) is 9.97 Å². The van der Waals surface area contributed by atoms with Crippen molar-refractivity contribution < 1.29 is 4.79 Å². The fourth-order valence-electron chi connectivity index (χ4n) is 3.31. The second kappa shape index (κ2) is 9.01. The molecule has 1 amide bonds. The van der Waals surface area contributed by atoms with Gasteiger partial charge in [0, 0.05) is 11.8 Å². The molecule has 0 saturated heterocycles. The van der Waals surface area contributed by atoms with Crippen LogP contribution >= 0.6 is 11.3 Å². The van der Waals surface area contributed by atoms with Crippen LogP contribution in [0.25, 0.3) is 21.7 Å². The van der Waals surface area contributed by atoms with Gasteiger partial charge in [0.25, 0.3) is 0 Å². The molecule has 2 aromatic heterocycles. The summed E-state index contributed by atoms with van der Waals surface area (Å²) in [4.78, 5) is 22.8. The lowest BCUT2D eigenvalue weighted by Gasteiger charge is -2.08. The van der Waals surface area contributed by atoms with Gasteiger partial charge in [-0.15, -0.1) is 11.3 Å². The van der Waals surface area contributed by atoms with Crippen molar-refractivity contribution in [3.63, 3.8) is 0 Å². The van der Waals surface area contributed by atoms with E-state index in [2.05, 4.69) is 48.4 Å². The third-order valence-corrected chi connectivity index (χ3v) is 6.01. The topological polar surface area (TPSA) is 54.9 Å². The summed E-state index contributed by atoms with van der Waals surface area (Å²) in [6.45, 7) is 4.20. The number of nitrogens with one attached hydrogen (secondary N) is 1. The molecule has 4 aromatic rings. The van der Waals surface area contributed by atoms with E-state index >= 15 is 0 Å². The van der Waals surface area contributed by atoms with Crippen LogP contribution in [0.3, 0.4) is 0 Å². The Morgan fingerprint density at radius 2 is 1.83 bits per heavy atom. The Morgan fingerprint density at radius 1 is 1.00 bits per heavy atom. The minimum Gasteiger partial charge on any atom is -0.310 e. The summed E-state index contributed by atoms with van der Waals surface area (Å²) in [6, 6.07) is 22.0. The molecular weight excluding hydrogens is 390 g/mol. The second-order valence-electron chi connectivity index (χ2n) is 7.15. The third kappa shape index (κ3) is 4.63. The van der Waals surface area contributed by atoms with Crippen molar-refractivity contribution >= 4 is 23.1 Å². The molecule has 0 bridgehead atoms. The molecule has 0 aliphatic rings. The molecule has 4 rings (SSSR count). The highest BCUT2D eigenvalue weighted by molar-refractivity contribution is 7.15. The standard InChI is InChI=1S/C25H23N3OS/c1-3-23-28-24(19-11-7-8-17(2)14-19)25(30-23)20-12-13-26-21(16-20)27-22(29)15-18-9-5-4-6-10-18/h4-14,16H,3,15H2,1-2H3,(H,26,27,29). The number of hydrogen-bond acceptors (Lipinski definition) is 4. The van der Waals surface area contributed by atoms with Crippen molar-refractivity contribution in [3.8, 4) is 21.7 Å². The van der Waals surface area contributed by atoms with Gasteiger partial charge in [-0.1, -0.05) is 61.0 Å². The molecule has 2 heterocycles. The predicted octanol–water partition coefficient (Wildman–Crippen LogP) is 5.92. The molecule has 2 aromatic carbocycles. The van der Waals surface area contributed by atoms with Crippen LogP contribution in [-0.2, 0) is 17.6 Å². The predicted molar refractivity (Wildman–Crippen MR) is 124 cm³/mol. The van der Waals surface area contributed by atoms with Crippen LogP contribution in [-0.4, -0.2) is 15.9 Å². The molecule has 30 heavy (non-hydrogen) atoms. The first-order chi connectivity index (χ1) is 14.6. The quantitative estimate of drug-likeness (QED) is 0.427. The number of nitrogens with zero attached hydrogens (tertiary/aromatic N) is 2. The van der Waals surface area contributed by atoms with Gasteiger partial charge >= 0.3 is 0 Å². The smallest absolute Gasteiger partial charge is 0.229 e. The Bertz CT molecular complexity index is 1170. The zero-order chi connectivity index (χ0) is 20.9. The largest absolute Gasteiger partial charge is 0.310 e. The fraction of sp³-hybridized carbons (Fsp3) is 0.160. The van der Waals surface area contributed by atoms with Gasteiger partial charge in [-0.05, 0) is 42.7 Å². The van der Waals surface area contributed by atoms with E-state index in [0.717, 1.165) is 38.7 Å². The molecule has 150 valence electrons. The minimum atomic E-state index is -0.0803. The number of amides is 1. The monoisotopic (exact) mass is 413 g/mol. The van der Waals surface area contributed by atoms with Crippen LogP contribution in [0.2, 0.25) is 0 Å². The maximum absolute atomic E-state index is 12.4. The van der Waals surface area contributed by atoms with Crippen LogP contribution in [0.1, 0.15) is 23.1 Å². The van der Waals surface area contributed by atoms with Crippen molar-refractivity contribution in [2.45, 2.75) is 26.7 Å². The summed E-state index contributed by atoms with van der Waals surface area (Å²) in [6.07, 6.45) is 2.94. The van der Waals surface area contributed by atoms with Crippen molar-refractivity contribution in [1.29, 1.82) is 0 Å². The molecule has 5 heteroatoms. The van der Waals surface area contributed by atoms with Gasteiger partial charge in [-0.3, -0.25) is 4.79 Å². The van der Waals surface area contributed by atoms with Crippen LogP contribution in [0.15, 0.2) is 72.9 Å². The third-order valence-electron chi connectivity index (χ3n) is 4.76. The minimum absolute atomic E-state index is 0.0803. The van der Waals surface area contributed by atoms with E-state index in [1.807, 2.05) is 42.5 Å². The molecule has 4 nitrogen and oxygen atoms in total. The molecule has 1 N–H and O–H groups in total. The van der Waals surface area contributed by atoms with Gasteiger partial charge in [-0.2, -0.15) is 0 Å². The summed E-state index contributed by atoms with van der Waals surface area (Å²) >= 11 is 1.69. The second-order valence-corrected chi connectivity index (χ2v) is 8.23. The average molecular weight is 414 g/mol. The number of rotatable bonds is 6. The van der Waals surface area contributed by atoms with E-state index in [1.165, 1.54) is 5.56 Å². The van der Waals surface area contributed by atoms with E-state index in [9.17, 15) is 4.79 Å². The molecule has 0 saturated carbocycles. The van der Waals surface area contributed by atoms with Crippen molar-refractivity contribution in [2.75, 3.05) is 5.32 Å². The zero-order valence-electron chi connectivity index (χ0n) is 17.1. The van der Waals surface area contributed by atoms with Gasteiger partial charge in [0.15, 0.2) is 0 Å². The maximum Gasteiger partial charge on any atom is 0.229 e. The van der Waals surface area contributed by atoms with Crippen molar-refractivity contribution in [2.24, 2.45) is 0 Å². The van der Waals surface area contributed by atoms with E-state index in [0.29, 0.717) is 12.2 Å². The first kappa shape index (κ1) is 20.0. The number of aryl methyl sites for hydroxylation is 2. The molecule has 0 unspecified atom stereocenters. The Morgan fingerprint density at radius 3 is 2.60 bits per heavy atom. The number of benzene rings is 2.